The maximum absolute atomic E-state index is 11.9. The average molecular weight is 257 g/mol. The van der Waals surface area contributed by atoms with E-state index >= 15 is 0 Å². The topological polar surface area (TPSA) is 38.8 Å². The van der Waals surface area contributed by atoms with E-state index in [-0.39, 0.29) is 5.91 Å². The largest absolute Gasteiger partial charge is 0.385 e. The van der Waals surface area contributed by atoms with Crippen molar-refractivity contribution in [3.8, 4) is 0 Å². The van der Waals surface area contributed by atoms with Crippen LogP contribution < -0.4 is 0 Å². The molecule has 1 amide bonds. The quantitative estimate of drug-likeness (QED) is 0.421. The van der Waals surface area contributed by atoms with Crippen LogP contribution in [0.1, 0.15) is 32.6 Å². The van der Waals surface area contributed by atoms with Crippen LogP contribution in [-0.4, -0.2) is 51.3 Å². The summed E-state index contributed by atoms with van der Waals surface area (Å²) >= 11 is 0. The molecule has 0 bridgehead atoms. The molecule has 0 aromatic heterocycles. The van der Waals surface area contributed by atoms with Crippen LogP contribution in [-0.2, 0) is 14.3 Å². The van der Waals surface area contributed by atoms with Gasteiger partial charge in [-0.25, -0.2) is 0 Å². The molecular formula is C14H27NO3. The first-order valence-corrected chi connectivity index (χ1v) is 6.56. The molecule has 0 aliphatic rings. The molecule has 0 atom stereocenters. The molecular weight excluding hydrogens is 230 g/mol. The predicted molar refractivity (Wildman–Crippen MR) is 73.6 cm³/mol. The van der Waals surface area contributed by atoms with Gasteiger partial charge in [0.25, 0.3) is 0 Å². The first kappa shape index (κ1) is 17.1. The fraction of sp³-hybridized carbons (Fsp3) is 0.786. The Kier molecular flexibility index (Phi) is 10.7. The second-order valence-electron chi connectivity index (χ2n) is 4.47. The van der Waals surface area contributed by atoms with E-state index in [1.807, 2.05) is 4.90 Å². The molecule has 18 heavy (non-hydrogen) atoms. The van der Waals surface area contributed by atoms with Crippen LogP contribution in [0, 0.1) is 0 Å². The second-order valence-corrected chi connectivity index (χ2v) is 4.47. The number of carbonyl (C=O) groups excluding carboxylic acids is 1. The fourth-order valence-corrected chi connectivity index (χ4v) is 1.68. The highest BCUT2D eigenvalue weighted by atomic mass is 16.5. The van der Waals surface area contributed by atoms with E-state index in [2.05, 4.69) is 6.58 Å². The Hall–Kier alpha value is -0.870. The van der Waals surface area contributed by atoms with Crippen molar-refractivity contribution in [1.82, 2.24) is 4.90 Å². The van der Waals surface area contributed by atoms with Crippen molar-refractivity contribution in [2.24, 2.45) is 0 Å². The van der Waals surface area contributed by atoms with Crippen molar-refractivity contribution < 1.29 is 14.3 Å². The second kappa shape index (κ2) is 11.2. The Balaban J connectivity index is 4.00. The minimum absolute atomic E-state index is 0.0600. The monoisotopic (exact) mass is 257 g/mol. The van der Waals surface area contributed by atoms with Crippen LogP contribution in [0.25, 0.3) is 0 Å². The number of nitrogens with zero attached hydrogens (tertiary/aromatic N) is 1. The highest BCUT2D eigenvalue weighted by Gasteiger charge is 2.12. The van der Waals surface area contributed by atoms with Crippen LogP contribution in [0.3, 0.4) is 0 Å². The van der Waals surface area contributed by atoms with E-state index in [1.165, 1.54) is 0 Å². The summed E-state index contributed by atoms with van der Waals surface area (Å²) in [6.07, 6.45) is 3.90. The van der Waals surface area contributed by atoms with Crippen molar-refractivity contribution in [2.75, 3.05) is 40.5 Å². The summed E-state index contributed by atoms with van der Waals surface area (Å²) in [7, 11) is 3.39. The minimum Gasteiger partial charge on any atom is -0.385 e. The lowest BCUT2D eigenvalue weighted by atomic mass is 10.2. The van der Waals surface area contributed by atoms with E-state index in [0.29, 0.717) is 5.57 Å². The van der Waals surface area contributed by atoms with Gasteiger partial charge in [-0.1, -0.05) is 6.58 Å². The van der Waals surface area contributed by atoms with Crippen LogP contribution in [0.4, 0.5) is 0 Å². The van der Waals surface area contributed by atoms with Crippen molar-refractivity contribution in [1.29, 1.82) is 0 Å². The molecule has 0 aromatic carbocycles. The lowest BCUT2D eigenvalue weighted by Crippen LogP contribution is -2.33. The van der Waals surface area contributed by atoms with Gasteiger partial charge in [0.15, 0.2) is 0 Å². The van der Waals surface area contributed by atoms with Gasteiger partial charge in [0, 0.05) is 46.1 Å². The zero-order valence-electron chi connectivity index (χ0n) is 12.0. The summed E-state index contributed by atoms with van der Waals surface area (Å²) in [5.41, 5.74) is 0.605. The zero-order valence-corrected chi connectivity index (χ0v) is 12.0. The highest BCUT2D eigenvalue weighted by Crippen LogP contribution is 2.05. The van der Waals surface area contributed by atoms with Gasteiger partial charge < -0.3 is 14.4 Å². The van der Waals surface area contributed by atoms with E-state index in [1.54, 1.807) is 21.1 Å². The van der Waals surface area contributed by atoms with Gasteiger partial charge >= 0.3 is 0 Å². The number of hydrogen-bond donors (Lipinski definition) is 0. The molecule has 0 heterocycles. The maximum Gasteiger partial charge on any atom is 0.248 e. The molecule has 0 unspecified atom stereocenters. The van der Waals surface area contributed by atoms with Gasteiger partial charge in [-0.15, -0.1) is 0 Å². The summed E-state index contributed by atoms with van der Waals surface area (Å²) in [6, 6.07) is 0. The lowest BCUT2D eigenvalue weighted by Gasteiger charge is -2.22. The SMILES string of the molecule is C=C(C)C(=O)N(CCCCOC)CCCCOC. The molecule has 0 aromatic rings. The van der Waals surface area contributed by atoms with E-state index in [0.717, 1.165) is 52.0 Å². The Morgan fingerprint density at radius 1 is 1.00 bits per heavy atom. The molecule has 0 radical (unpaired) electrons. The summed E-state index contributed by atoms with van der Waals surface area (Å²) in [4.78, 5) is 13.8. The summed E-state index contributed by atoms with van der Waals surface area (Å²) in [5.74, 6) is 0.0600. The third-order valence-electron chi connectivity index (χ3n) is 2.71. The van der Waals surface area contributed by atoms with Gasteiger partial charge in [0.05, 0.1) is 0 Å². The molecule has 0 rings (SSSR count). The van der Waals surface area contributed by atoms with Crippen molar-refractivity contribution in [3.63, 3.8) is 0 Å². The molecule has 0 saturated heterocycles. The van der Waals surface area contributed by atoms with Gasteiger partial charge in [0.2, 0.25) is 5.91 Å². The number of ether oxygens (including phenoxy) is 2. The fourth-order valence-electron chi connectivity index (χ4n) is 1.68. The Morgan fingerprint density at radius 3 is 1.78 bits per heavy atom. The third-order valence-corrected chi connectivity index (χ3v) is 2.71. The van der Waals surface area contributed by atoms with Crippen LogP contribution in [0.2, 0.25) is 0 Å². The van der Waals surface area contributed by atoms with Crippen molar-refractivity contribution in [3.05, 3.63) is 12.2 Å². The molecule has 0 aliphatic heterocycles. The van der Waals surface area contributed by atoms with Gasteiger partial charge in [-0.2, -0.15) is 0 Å². The number of amides is 1. The molecule has 4 nitrogen and oxygen atoms in total. The van der Waals surface area contributed by atoms with Gasteiger partial charge in [-0.3, -0.25) is 4.79 Å². The molecule has 0 fully saturated rings. The number of rotatable bonds is 11. The van der Waals surface area contributed by atoms with Crippen molar-refractivity contribution in [2.45, 2.75) is 32.6 Å². The van der Waals surface area contributed by atoms with E-state index < -0.39 is 0 Å². The third kappa shape index (κ3) is 8.25. The van der Waals surface area contributed by atoms with Gasteiger partial charge in [0.1, 0.15) is 0 Å². The Morgan fingerprint density at radius 2 is 1.44 bits per heavy atom. The van der Waals surface area contributed by atoms with E-state index in [4.69, 9.17) is 9.47 Å². The number of carbonyl (C=O) groups is 1. The average Bonchev–Trinajstić information content (AvgIpc) is 2.36. The van der Waals surface area contributed by atoms with Crippen LogP contribution in [0.15, 0.2) is 12.2 Å². The smallest absolute Gasteiger partial charge is 0.248 e. The molecule has 106 valence electrons. The first-order valence-electron chi connectivity index (χ1n) is 6.56. The molecule has 0 N–H and O–H groups in total. The number of methoxy groups -OCH3 is 2. The summed E-state index contributed by atoms with van der Waals surface area (Å²) in [6.45, 7) is 8.54. The normalized spacial score (nSPS) is 10.4. The standard InChI is InChI=1S/C14H27NO3/c1-13(2)14(16)15(9-5-7-11-17-3)10-6-8-12-18-4/h1,5-12H2,2-4H3. The predicted octanol–water partition coefficient (Wildman–Crippen LogP) is 2.24. The Bertz CT molecular complexity index is 229. The first-order chi connectivity index (χ1) is 8.63. The maximum atomic E-state index is 11.9. The molecule has 0 aliphatic carbocycles. The molecule has 4 heteroatoms. The summed E-state index contributed by atoms with van der Waals surface area (Å²) < 4.78 is 10.0. The highest BCUT2D eigenvalue weighted by molar-refractivity contribution is 5.92. The van der Waals surface area contributed by atoms with Crippen LogP contribution in [0.5, 0.6) is 0 Å². The zero-order chi connectivity index (χ0) is 13.8. The Labute approximate surface area is 111 Å². The summed E-state index contributed by atoms with van der Waals surface area (Å²) in [5, 5.41) is 0. The van der Waals surface area contributed by atoms with Gasteiger partial charge in [-0.05, 0) is 32.6 Å². The minimum atomic E-state index is 0.0600. The molecule has 0 spiro atoms. The molecule has 0 saturated carbocycles. The lowest BCUT2D eigenvalue weighted by molar-refractivity contribution is -0.127. The number of hydrogen-bond acceptors (Lipinski definition) is 3. The van der Waals surface area contributed by atoms with E-state index in [9.17, 15) is 4.79 Å². The number of unbranched alkanes of at least 4 members (excludes halogenated alkanes) is 2. The van der Waals surface area contributed by atoms with Crippen molar-refractivity contribution >= 4 is 5.91 Å². The van der Waals surface area contributed by atoms with Crippen LogP contribution >= 0.6 is 0 Å².